The molecule has 0 aliphatic rings. The fourth-order valence-corrected chi connectivity index (χ4v) is 3.50. The number of hydrogen-bond acceptors (Lipinski definition) is 4. The molecule has 0 aliphatic heterocycles. The number of nitrogens with one attached hydrogen (secondary N) is 2. The molecule has 0 spiro atoms. The first-order chi connectivity index (χ1) is 15.2. The van der Waals surface area contributed by atoms with Gasteiger partial charge in [-0.15, -0.1) is 0 Å². The van der Waals surface area contributed by atoms with Gasteiger partial charge in [-0.1, -0.05) is 44.5 Å². The van der Waals surface area contributed by atoms with Crippen molar-refractivity contribution in [2.24, 2.45) is 7.05 Å². The van der Waals surface area contributed by atoms with Crippen LogP contribution < -0.4 is 15.4 Å². The van der Waals surface area contributed by atoms with Gasteiger partial charge >= 0.3 is 6.03 Å². The highest BCUT2D eigenvalue weighted by Crippen LogP contribution is 2.32. The monoisotopic (exact) mass is 449 g/mol. The SMILES string of the molecule is Cn1ccc2ncnc(Oc3ccc(NC(=O)Nc4cccc(C(C)(C)C)c4)c(Cl)c3)c21. The number of fused-ring (bicyclic) bond motifs is 1. The van der Waals surface area contributed by atoms with Gasteiger partial charge in [-0.2, -0.15) is 4.98 Å². The maximum absolute atomic E-state index is 12.5. The summed E-state index contributed by atoms with van der Waals surface area (Å²) in [5, 5.41) is 5.97. The molecule has 0 atom stereocenters. The van der Waals surface area contributed by atoms with Gasteiger partial charge in [0, 0.05) is 25.0 Å². The minimum atomic E-state index is -0.382. The molecule has 0 saturated carbocycles. The molecular weight excluding hydrogens is 426 g/mol. The normalized spacial score (nSPS) is 11.4. The Morgan fingerprint density at radius 2 is 1.88 bits per heavy atom. The lowest BCUT2D eigenvalue weighted by Gasteiger charge is -2.20. The summed E-state index contributed by atoms with van der Waals surface area (Å²) < 4.78 is 7.82. The lowest BCUT2D eigenvalue weighted by Crippen LogP contribution is -2.20. The predicted molar refractivity (Wildman–Crippen MR) is 128 cm³/mol. The van der Waals surface area contributed by atoms with Crippen molar-refractivity contribution in [2.45, 2.75) is 26.2 Å². The number of urea groups is 1. The van der Waals surface area contributed by atoms with Gasteiger partial charge in [0.1, 0.15) is 17.6 Å². The molecule has 0 saturated heterocycles. The first kappa shape index (κ1) is 21.6. The van der Waals surface area contributed by atoms with Crippen LogP contribution in [0.3, 0.4) is 0 Å². The number of hydrogen-bond donors (Lipinski definition) is 2. The second-order valence-corrected chi connectivity index (χ2v) is 8.90. The molecule has 0 fully saturated rings. The predicted octanol–water partition coefficient (Wildman–Crippen LogP) is 6.36. The Labute approximate surface area is 191 Å². The number of carbonyl (C=O) groups is 1. The Morgan fingerprint density at radius 3 is 2.62 bits per heavy atom. The Balaban J connectivity index is 1.47. The van der Waals surface area contributed by atoms with Gasteiger partial charge in [0.05, 0.1) is 16.2 Å². The smallest absolute Gasteiger partial charge is 0.323 e. The zero-order valence-corrected chi connectivity index (χ0v) is 19.1. The summed E-state index contributed by atoms with van der Waals surface area (Å²) in [4.78, 5) is 21.0. The maximum Gasteiger partial charge on any atom is 0.323 e. The van der Waals surface area contributed by atoms with Crippen molar-refractivity contribution in [1.82, 2.24) is 14.5 Å². The van der Waals surface area contributed by atoms with Gasteiger partial charge in [0.2, 0.25) is 5.88 Å². The van der Waals surface area contributed by atoms with Crippen molar-refractivity contribution in [3.05, 3.63) is 71.6 Å². The number of anilines is 2. The lowest BCUT2D eigenvalue weighted by atomic mass is 9.87. The van der Waals surface area contributed by atoms with E-state index < -0.39 is 0 Å². The molecular formula is C24H24ClN5O2. The van der Waals surface area contributed by atoms with Crippen LogP contribution in [0.2, 0.25) is 5.02 Å². The zero-order valence-electron chi connectivity index (χ0n) is 18.3. The highest BCUT2D eigenvalue weighted by atomic mass is 35.5. The van der Waals surface area contributed by atoms with Gasteiger partial charge in [0.25, 0.3) is 0 Å². The highest BCUT2D eigenvalue weighted by molar-refractivity contribution is 6.34. The summed E-state index contributed by atoms with van der Waals surface area (Å²) in [6, 6.07) is 14.3. The Bertz CT molecular complexity index is 1290. The van der Waals surface area contributed by atoms with Crippen LogP contribution in [-0.2, 0) is 12.5 Å². The molecule has 0 unspecified atom stereocenters. The third kappa shape index (κ3) is 4.68. The number of ether oxygens (including phenoxy) is 1. The van der Waals surface area contributed by atoms with Crippen LogP contribution in [0.1, 0.15) is 26.3 Å². The molecule has 4 aromatic rings. The molecule has 2 amide bonds. The van der Waals surface area contributed by atoms with Crippen LogP contribution in [-0.4, -0.2) is 20.6 Å². The van der Waals surface area contributed by atoms with E-state index in [2.05, 4.69) is 41.4 Å². The van der Waals surface area contributed by atoms with E-state index in [1.54, 1.807) is 18.2 Å². The van der Waals surface area contributed by atoms with Crippen molar-refractivity contribution in [2.75, 3.05) is 10.6 Å². The van der Waals surface area contributed by atoms with E-state index >= 15 is 0 Å². The zero-order chi connectivity index (χ0) is 22.9. The first-order valence-electron chi connectivity index (χ1n) is 10.1. The average molecular weight is 450 g/mol. The largest absolute Gasteiger partial charge is 0.437 e. The first-order valence-corrected chi connectivity index (χ1v) is 10.5. The van der Waals surface area contributed by atoms with E-state index in [0.29, 0.717) is 28.0 Å². The maximum atomic E-state index is 12.5. The van der Waals surface area contributed by atoms with Crippen LogP contribution in [0.25, 0.3) is 11.0 Å². The van der Waals surface area contributed by atoms with Gasteiger partial charge in [0.15, 0.2) is 0 Å². The number of rotatable bonds is 4. The number of carbonyl (C=O) groups excluding carboxylic acids is 1. The van der Waals surface area contributed by atoms with E-state index in [1.807, 2.05) is 48.1 Å². The second-order valence-electron chi connectivity index (χ2n) is 8.49. The highest BCUT2D eigenvalue weighted by Gasteiger charge is 2.15. The van der Waals surface area contributed by atoms with E-state index in [0.717, 1.165) is 16.6 Å². The molecule has 2 N–H and O–H groups in total. The fourth-order valence-electron chi connectivity index (χ4n) is 3.28. The lowest BCUT2D eigenvalue weighted by molar-refractivity contribution is 0.262. The van der Waals surface area contributed by atoms with Gasteiger partial charge in [-0.05, 0) is 41.3 Å². The summed E-state index contributed by atoms with van der Waals surface area (Å²) in [5.41, 5.74) is 3.86. The minimum Gasteiger partial charge on any atom is -0.437 e. The molecule has 0 aliphatic carbocycles. The van der Waals surface area contributed by atoms with Crippen molar-refractivity contribution < 1.29 is 9.53 Å². The van der Waals surface area contributed by atoms with E-state index in [1.165, 1.54) is 6.33 Å². The number of aryl methyl sites for hydroxylation is 1. The van der Waals surface area contributed by atoms with E-state index in [4.69, 9.17) is 16.3 Å². The Kier molecular flexibility index (Phi) is 5.76. The Hall–Kier alpha value is -3.58. The molecule has 8 heteroatoms. The standard InChI is InChI=1S/C24H24ClN5O2/c1-24(2,3)15-6-5-7-16(12-15)28-23(31)29-19-9-8-17(13-18(19)25)32-22-21-20(26-14-27-22)10-11-30(21)4/h5-14H,1-4H3,(H2,28,29,31). The molecule has 32 heavy (non-hydrogen) atoms. The fraction of sp³-hybridized carbons (Fsp3) is 0.208. The molecule has 4 rings (SSSR count). The molecule has 7 nitrogen and oxygen atoms in total. The summed E-state index contributed by atoms with van der Waals surface area (Å²) >= 11 is 6.40. The van der Waals surface area contributed by atoms with Crippen LogP contribution in [0.15, 0.2) is 61.1 Å². The van der Waals surface area contributed by atoms with Crippen molar-refractivity contribution >= 4 is 40.0 Å². The molecule has 2 aromatic carbocycles. The topological polar surface area (TPSA) is 81.1 Å². The molecule has 0 bridgehead atoms. The Morgan fingerprint density at radius 1 is 1.06 bits per heavy atom. The molecule has 2 heterocycles. The van der Waals surface area contributed by atoms with Gasteiger partial charge in [-0.25, -0.2) is 9.78 Å². The third-order valence-electron chi connectivity index (χ3n) is 5.02. The summed E-state index contributed by atoms with van der Waals surface area (Å²) in [6.07, 6.45) is 3.34. The third-order valence-corrected chi connectivity index (χ3v) is 5.33. The average Bonchev–Trinajstić information content (AvgIpc) is 3.11. The number of aromatic nitrogens is 3. The summed E-state index contributed by atoms with van der Waals surface area (Å²) in [7, 11) is 1.90. The van der Waals surface area contributed by atoms with Crippen molar-refractivity contribution in [1.29, 1.82) is 0 Å². The molecule has 164 valence electrons. The van der Waals surface area contributed by atoms with E-state index in [9.17, 15) is 4.79 Å². The second kappa shape index (κ2) is 8.51. The van der Waals surface area contributed by atoms with Crippen LogP contribution in [0.4, 0.5) is 16.2 Å². The van der Waals surface area contributed by atoms with E-state index in [-0.39, 0.29) is 11.4 Å². The van der Waals surface area contributed by atoms with Crippen LogP contribution in [0, 0.1) is 0 Å². The summed E-state index contributed by atoms with van der Waals surface area (Å²) in [5.74, 6) is 0.927. The number of benzene rings is 2. The molecule has 0 radical (unpaired) electrons. The number of halogens is 1. The molecule has 2 aromatic heterocycles. The van der Waals surface area contributed by atoms with Gasteiger partial charge in [-0.3, -0.25) is 0 Å². The quantitative estimate of drug-likeness (QED) is 0.380. The number of nitrogens with zero attached hydrogens (tertiary/aromatic N) is 3. The van der Waals surface area contributed by atoms with Crippen molar-refractivity contribution in [3.8, 4) is 11.6 Å². The minimum absolute atomic E-state index is 0.0119. The van der Waals surface area contributed by atoms with Crippen molar-refractivity contribution in [3.63, 3.8) is 0 Å². The van der Waals surface area contributed by atoms with Gasteiger partial charge < -0.3 is 19.9 Å². The van der Waals surface area contributed by atoms with Crippen LogP contribution in [0.5, 0.6) is 11.6 Å². The number of amides is 2. The van der Waals surface area contributed by atoms with Crippen LogP contribution >= 0.6 is 11.6 Å². The summed E-state index contributed by atoms with van der Waals surface area (Å²) in [6.45, 7) is 6.37.